The van der Waals surface area contributed by atoms with Crippen LogP contribution in [-0.4, -0.2) is 33.5 Å². The molecule has 18 heavy (non-hydrogen) atoms. The molecule has 2 rings (SSSR count). The van der Waals surface area contributed by atoms with Gasteiger partial charge in [-0.15, -0.1) is 0 Å². The molecule has 1 aliphatic rings. The van der Waals surface area contributed by atoms with Gasteiger partial charge in [-0.1, -0.05) is 23.8 Å². The summed E-state index contributed by atoms with van der Waals surface area (Å²) in [6, 6.07) is 7.29. The molecule has 100 valence electrons. The zero-order valence-electron chi connectivity index (χ0n) is 11.4. The van der Waals surface area contributed by atoms with Crippen molar-refractivity contribution in [2.24, 2.45) is 0 Å². The maximum Gasteiger partial charge on any atom is 0.0700 e. The number of hydrogen-bond donors (Lipinski definition) is 1. The number of benzene rings is 1. The highest BCUT2D eigenvalue weighted by atomic mass is 16.5. The number of fused-ring (bicyclic) bond motifs is 1. The van der Waals surface area contributed by atoms with Gasteiger partial charge in [-0.2, -0.15) is 0 Å². The van der Waals surface area contributed by atoms with E-state index < -0.39 is 0 Å². The van der Waals surface area contributed by atoms with Gasteiger partial charge in [0.1, 0.15) is 0 Å². The second-order valence-corrected chi connectivity index (χ2v) is 4.85. The van der Waals surface area contributed by atoms with E-state index in [1.165, 1.54) is 29.5 Å². The molecule has 3 nitrogen and oxygen atoms in total. The molecule has 1 aliphatic carbocycles. The van der Waals surface area contributed by atoms with Crippen molar-refractivity contribution >= 4 is 0 Å². The molecule has 1 aromatic rings. The lowest BCUT2D eigenvalue weighted by Crippen LogP contribution is -2.24. The highest BCUT2D eigenvalue weighted by Crippen LogP contribution is 2.31. The SMILES string of the molecule is COCCOCCNC1CCc2ccc(C)cc21. The Hall–Kier alpha value is -0.900. The van der Waals surface area contributed by atoms with Crippen LogP contribution in [0.2, 0.25) is 0 Å². The second-order valence-electron chi connectivity index (χ2n) is 4.85. The summed E-state index contributed by atoms with van der Waals surface area (Å²) < 4.78 is 10.4. The molecular formula is C15H23NO2. The molecule has 0 amide bonds. The van der Waals surface area contributed by atoms with Gasteiger partial charge in [0.05, 0.1) is 19.8 Å². The zero-order chi connectivity index (χ0) is 12.8. The zero-order valence-corrected chi connectivity index (χ0v) is 11.4. The third kappa shape index (κ3) is 3.55. The highest BCUT2D eigenvalue weighted by Gasteiger charge is 2.21. The lowest BCUT2D eigenvalue weighted by molar-refractivity contribution is 0.0710. The number of methoxy groups -OCH3 is 1. The molecule has 0 bridgehead atoms. The van der Waals surface area contributed by atoms with Crippen LogP contribution >= 0.6 is 0 Å². The average molecular weight is 249 g/mol. The number of hydrogen-bond acceptors (Lipinski definition) is 3. The Morgan fingerprint density at radius 2 is 2.17 bits per heavy atom. The van der Waals surface area contributed by atoms with Crippen LogP contribution < -0.4 is 5.32 Å². The largest absolute Gasteiger partial charge is 0.382 e. The topological polar surface area (TPSA) is 30.5 Å². The first kappa shape index (κ1) is 13.5. The molecule has 1 N–H and O–H groups in total. The molecule has 0 aromatic heterocycles. The summed E-state index contributed by atoms with van der Waals surface area (Å²) in [4.78, 5) is 0. The van der Waals surface area contributed by atoms with Crippen molar-refractivity contribution in [3.63, 3.8) is 0 Å². The fourth-order valence-electron chi connectivity index (χ4n) is 2.48. The van der Waals surface area contributed by atoms with E-state index in [1.54, 1.807) is 7.11 Å². The maximum atomic E-state index is 5.46. The summed E-state index contributed by atoms with van der Waals surface area (Å²) in [5.41, 5.74) is 4.32. The van der Waals surface area contributed by atoms with Gasteiger partial charge in [-0.3, -0.25) is 0 Å². The van der Waals surface area contributed by atoms with E-state index in [-0.39, 0.29) is 0 Å². The van der Waals surface area contributed by atoms with Crippen LogP contribution in [0.1, 0.15) is 29.2 Å². The Bertz CT molecular complexity index is 379. The monoisotopic (exact) mass is 249 g/mol. The van der Waals surface area contributed by atoms with Gasteiger partial charge in [-0.25, -0.2) is 0 Å². The minimum atomic E-state index is 0.505. The summed E-state index contributed by atoms with van der Waals surface area (Å²) in [6.45, 7) is 5.16. The van der Waals surface area contributed by atoms with Crippen LogP contribution in [0.15, 0.2) is 18.2 Å². The van der Waals surface area contributed by atoms with E-state index in [0.717, 1.165) is 13.2 Å². The van der Waals surface area contributed by atoms with E-state index in [9.17, 15) is 0 Å². The van der Waals surface area contributed by atoms with Crippen LogP contribution in [0.4, 0.5) is 0 Å². The predicted molar refractivity (Wildman–Crippen MR) is 72.9 cm³/mol. The molecule has 0 radical (unpaired) electrons. The van der Waals surface area contributed by atoms with Crippen LogP contribution in [0.5, 0.6) is 0 Å². The van der Waals surface area contributed by atoms with Gasteiger partial charge < -0.3 is 14.8 Å². The van der Waals surface area contributed by atoms with Crippen molar-refractivity contribution in [2.45, 2.75) is 25.8 Å². The Balaban J connectivity index is 1.74. The molecule has 1 aromatic carbocycles. The van der Waals surface area contributed by atoms with Gasteiger partial charge in [0.25, 0.3) is 0 Å². The molecule has 0 fully saturated rings. The summed E-state index contributed by atoms with van der Waals surface area (Å²) in [5, 5.41) is 3.58. The van der Waals surface area contributed by atoms with Crippen LogP contribution in [0, 0.1) is 6.92 Å². The van der Waals surface area contributed by atoms with E-state index in [4.69, 9.17) is 9.47 Å². The number of nitrogens with one attached hydrogen (secondary N) is 1. The maximum absolute atomic E-state index is 5.46. The van der Waals surface area contributed by atoms with Gasteiger partial charge in [0.2, 0.25) is 0 Å². The fourth-order valence-corrected chi connectivity index (χ4v) is 2.48. The van der Waals surface area contributed by atoms with Gasteiger partial charge in [0, 0.05) is 19.7 Å². The van der Waals surface area contributed by atoms with Crippen LogP contribution in [0.3, 0.4) is 0 Å². The quantitative estimate of drug-likeness (QED) is 0.752. The van der Waals surface area contributed by atoms with Crippen molar-refractivity contribution in [3.8, 4) is 0 Å². The molecule has 0 saturated heterocycles. The molecule has 0 heterocycles. The lowest BCUT2D eigenvalue weighted by Gasteiger charge is -2.14. The minimum Gasteiger partial charge on any atom is -0.382 e. The Morgan fingerprint density at radius 1 is 1.28 bits per heavy atom. The van der Waals surface area contributed by atoms with E-state index >= 15 is 0 Å². The molecule has 1 unspecified atom stereocenters. The first-order valence-electron chi connectivity index (χ1n) is 6.71. The Labute approximate surface area is 109 Å². The van der Waals surface area contributed by atoms with Crippen LogP contribution in [0.25, 0.3) is 0 Å². The molecule has 0 saturated carbocycles. The Morgan fingerprint density at radius 3 is 3.00 bits per heavy atom. The molecule has 0 aliphatic heterocycles. The Kier molecular flexibility index (Phi) is 5.17. The summed E-state index contributed by atoms with van der Waals surface area (Å²) in [5.74, 6) is 0. The minimum absolute atomic E-state index is 0.505. The van der Waals surface area contributed by atoms with E-state index in [0.29, 0.717) is 19.3 Å². The highest BCUT2D eigenvalue weighted by molar-refractivity contribution is 5.37. The van der Waals surface area contributed by atoms with Gasteiger partial charge in [-0.05, 0) is 30.9 Å². The predicted octanol–water partition coefficient (Wildman–Crippen LogP) is 2.23. The number of ether oxygens (including phenoxy) is 2. The molecule has 3 heteroatoms. The standard InChI is InChI=1S/C15H23NO2/c1-12-3-4-13-5-6-15(14(13)11-12)16-7-8-18-10-9-17-2/h3-4,11,15-16H,5-10H2,1-2H3. The average Bonchev–Trinajstić information content (AvgIpc) is 2.76. The van der Waals surface area contributed by atoms with Gasteiger partial charge in [0.15, 0.2) is 0 Å². The number of rotatable bonds is 7. The first-order valence-corrected chi connectivity index (χ1v) is 6.71. The normalized spacial score (nSPS) is 18.0. The van der Waals surface area contributed by atoms with Crippen molar-refractivity contribution in [1.29, 1.82) is 0 Å². The molecule has 1 atom stereocenters. The van der Waals surface area contributed by atoms with Crippen molar-refractivity contribution in [1.82, 2.24) is 5.32 Å². The van der Waals surface area contributed by atoms with Crippen molar-refractivity contribution in [2.75, 3.05) is 33.5 Å². The molecular weight excluding hydrogens is 226 g/mol. The second kappa shape index (κ2) is 6.88. The van der Waals surface area contributed by atoms with E-state index in [2.05, 4.69) is 30.4 Å². The first-order chi connectivity index (χ1) is 8.81. The lowest BCUT2D eigenvalue weighted by atomic mass is 10.1. The fraction of sp³-hybridized carbons (Fsp3) is 0.600. The van der Waals surface area contributed by atoms with Crippen LogP contribution in [-0.2, 0) is 15.9 Å². The summed E-state index contributed by atoms with van der Waals surface area (Å²) >= 11 is 0. The van der Waals surface area contributed by atoms with E-state index in [1.807, 2.05) is 0 Å². The number of aryl methyl sites for hydroxylation is 2. The summed E-state index contributed by atoms with van der Waals surface area (Å²) in [7, 11) is 1.69. The van der Waals surface area contributed by atoms with Crippen molar-refractivity contribution in [3.05, 3.63) is 34.9 Å². The smallest absolute Gasteiger partial charge is 0.0700 e. The molecule has 0 spiro atoms. The van der Waals surface area contributed by atoms with Gasteiger partial charge >= 0.3 is 0 Å². The third-order valence-corrected chi connectivity index (χ3v) is 3.45. The summed E-state index contributed by atoms with van der Waals surface area (Å²) in [6.07, 6.45) is 2.40. The third-order valence-electron chi connectivity index (χ3n) is 3.45. The van der Waals surface area contributed by atoms with Crippen molar-refractivity contribution < 1.29 is 9.47 Å².